The van der Waals surface area contributed by atoms with Gasteiger partial charge in [-0.1, -0.05) is 22.9 Å². The first-order chi connectivity index (χ1) is 21.8. The lowest BCUT2D eigenvalue weighted by Crippen LogP contribution is -2.50. The van der Waals surface area contributed by atoms with Crippen molar-refractivity contribution in [3.63, 3.8) is 0 Å². The number of morpholine rings is 1. The molecule has 0 bridgehead atoms. The molecule has 5 heterocycles. The van der Waals surface area contributed by atoms with E-state index in [1.807, 2.05) is 7.05 Å². The summed E-state index contributed by atoms with van der Waals surface area (Å²) in [5.41, 5.74) is 6.58. The molecule has 0 radical (unpaired) electrons. The number of hydrogen-bond donors (Lipinski definition) is 2. The Morgan fingerprint density at radius 3 is 2.76 bits per heavy atom. The number of benzene rings is 2. The van der Waals surface area contributed by atoms with E-state index in [4.69, 9.17) is 36.5 Å². The second-order valence-corrected chi connectivity index (χ2v) is 14.0. The van der Waals surface area contributed by atoms with Crippen LogP contribution in [0, 0.1) is 17.0 Å². The minimum Gasteiger partial charge on any atom is -0.489 e. The number of nitrogens with one attached hydrogen (secondary N) is 1. The summed E-state index contributed by atoms with van der Waals surface area (Å²) in [7, 11) is 1.96. The van der Waals surface area contributed by atoms with E-state index in [-0.39, 0.29) is 48.9 Å². The van der Waals surface area contributed by atoms with E-state index in [0.29, 0.717) is 48.3 Å². The van der Waals surface area contributed by atoms with Gasteiger partial charge in [0.15, 0.2) is 16.7 Å². The molecule has 2 unspecified atom stereocenters. The maximum atomic E-state index is 16.9. The molecule has 0 amide bonds. The minimum atomic E-state index is -0.673. The molecule has 10 nitrogen and oxygen atoms in total. The largest absolute Gasteiger partial charge is 0.489 e. The fourth-order valence-corrected chi connectivity index (χ4v) is 8.08. The molecule has 4 aromatic rings. The SMILES string of the molecule is CNC1CCN2c3nc(OCC4(CN5CCOCC5)CC4)nc4c(F)c(-c5ccc(F)c6sc(N)nc56)c(Cl)c(c34)OCC2C1. The molecule has 2 aromatic heterocycles. The molecule has 8 rings (SSSR count). The summed E-state index contributed by atoms with van der Waals surface area (Å²) in [6.07, 6.45) is 3.81. The van der Waals surface area contributed by atoms with Crippen LogP contribution in [0.25, 0.3) is 32.2 Å². The van der Waals surface area contributed by atoms with Crippen LogP contribution in [-0.4, -0.2) is 91.6 Å². The number of ether oxygens (including phenoxy) is 3. The average Bonchev–Trinajstić information content (AvgIpc) is 3.73. The first kappa shape index (κ1) is 29.3. The number of anilines is 2. The summed E-state index contributed by atoms with van der Waals surface area (Å²) in [5.74, 6) is -0.313. The minimum absolute atomic E-state index is 0.0136. The molecule has 45 heavy (non-hydrogen) atoms. The van der Waals surface area contributed by atoms with Crippen molar-refractivity contribution < 1.29 is 23.0 Å². The number of aromatic nitrogens is 3. The van der Waals surface area contributed by atoms with Gasteiger partial charge in [-0.15, -0.1) is 0 Å². The lowest BCUT2D eigenvalue weighted by molar-refractivity contribution is 0.0231. The molecule has 1 saturated carbocycles. The number of nitrogen functional groups attached to an aromatic ring is 1. The number of nitrogens with zero attached hydrogens (tertiary/aromatic N) is 5. The van der Waals surface area contributed by atoms with E-state index in [9.17, 15) is 4.39 Å². The van der Waals surface area contributed by atoms with Crippen LogP contribution in [0.1, 0.15) is 25.7 Å². The second kappa shape index (κ2) is 11.3. The van der Waals surface area contributed by atoms with Gasteiger partial charge in [0.2, 0.25) is 0 Å². The molecule has 2 atom stereocenters. The van der Waals surface area contributed by atoms with Gasteiger partial charge >= 0.3 is 6.01 Å². The van der Waals surface area contributed by atoms with Crippen molar-refractivity contribution in [2.75, 3.05) is 70.3 Å². The number of hydrogen-bond acceptors (Lipinski definition) is 11. The molecule has 14 heteroatoms. The summed E-state index contributed by atoms with van der Waals surface area (Å²) in [4.78, 5) is 18.5. The van der Waals surface area contributed by atoms with Gasteiger partial charge in [-0.3, -0.25) is 4.90 Å². The predicted octanol–water partition coefficient (Wildman–Crippen LogP) is 4.86. The molecule has 3 fully saturated rings. The summed E-state index contributed by atoms with van der Waals surface area (Å²) in [6, 6.07) is 3.14. The van der Waals surface area contributed by atoms with Crippen molar-refractivity contribution in [1.29, 1.82) is 0 Å². The van der Waals surface area contributed by atoms with Gasteiger partial charge in [0, 0.05) is 48.8 Å². The molecule has 3 aliphatic heterocycles. The monoisotopic (exact) mass is 657 g/mol. The van der Waals surface area contributed by atoms with Crippen LogP contribution in [0.4, 0.5) is 19.7 Å². The van der Waals surface area contributed by atoms with Crippen LogP contribution in [-0.2, 0) is 4.74 Å². The number of fused-ring (bicyclic) bond motifs is 3. The molecule has 238 valence electrons. The third-order valence-electron chi connectivity index (χ3n) is 9.67. The number of piperidine rings is 1. The predicted molar refractivity (Wildman–Crippen MR) is 171 cm³/mol. The lowest BCUT2D eigenvalue weighted by atomic mass is 9.97. The van der Waals surface area contributed by atoms with Crippen LogP contribution in [0.15, 0.2) is 12.1 Å². The normalized spacial score (nSPS) is 22.7. The average molecular weight is 658 g/mol. The maximum absolute atomic E-state index is 16.9. The smallest absolute Gasteiger partial charge is 0.319 e. The molecule has 1 aliphatic carbocycles. The van der Waals surface area contributed by atoms with Crippen LogP contribution in [0.3, 0.4) is 0 Å². The zero-order valence-corrected chi connectivity index (χ0v) is 26.4. The highest BCUT2D eigenvalue weighted by atomic mass is 35.5. The summed E-state index contributed by atoms with van der Waals surface area (Å²) < 4.78 is 50.2. The van der Waals surface area contributed by atoms with Crippen molar-refractivity contribution in [3.05, 3.63) is 28.8 Å². The highest BCUT2D eigenvalue weighted by Gasteiger charge is 2.45. The second-order valence-electron chi connectivity index (χ2n) is 12.6. The van der Waals surface area contributed by atoms with Gasteiger partial charge in [0.25, 0.3) is 0 Å². The number of nitrogens with two attached hydrogens (primary N) is 1. The summed E-state index contributed by atoms with van der Waals surface area (Å²) in [5, 5.41) is 4.02. The Labute approximate surface area is 267 Å². The van der Waals surface area contributed by atoms with E-state index in [2.05, 4.69) is 25.1 Å². The lowest BCUT2D eigenvalue weighted by Gasteiger charge is -2.38. The van der Waals surface area contributed by atoms with Crippen molar-refractivity contribution in [2.45, 2.75) is 37.8 Å². The Morgan fingerprint density at radius 1 is 1.16 bits per heavy atom. The summed E-state index contributed by atoms with van der Waals surface area (Å²) in [6.45, 7) is 5.66. The van der Waals surface area contributed by atoms with E-state index >= 15 is 4.39 Å². The van der Waals surface area contributed by atoms with Crippen molar-refractivity contribution in [1.82, 2.24) is 25.2 Å². The molecule has 2 aromatic carbocycles. The molecule has 3 N–H and O–H groups in total. The standard InChI is InChI=1S/C31H34ClF2N7O3S/c1-36-16-4-7-41-17(12-16)13-43-26-21-25(23(34)20(22(26)32)18-2-3-19(33)27-24(18)37-29(35)45-27)38-30(39-28(21)41)44-15-31(5-6-31)14-40-8-10-42-11-9-40/h2-3,16-17,36H,4-15H2,1H3,(H2,35,37). The topological polar surface area (TPSA) is 111 Å². The van der Waals surface area contributed by atoms with Crippen molar-refractivity contribution in [2.24, 2.45) is 5.41 Å². The highest BCUT2D eigenvalue weighted by molar-refractivity contribution is 7.22. The first-order valence-electron chi connectivity index (χ1n) is 15.4. The van der Waals surface area contributed by atoms with Crippen LogP contribution in [0.2, 0.25) is 5.02 Å². The maximum Gasteiger partial charge on any atom is 0.319 e. The third kappa shape index (κ3) is 5.12. The molecule has 2 saturated heterocycles. The third-order valence-corrected chi connectivity index (χ3v) is 10.9. The summed E-state index contributed by atoms with van der Waals surface area (Å²) >= 11 is 8.02. The van der Waals surface area contributed by atoms with Crippen molar-refractivity contribution >= 4 is 55.0 Å². The van der Waals surface area contributed by atoms with Gasteiger partial charge in [-0.05, 0) is 44.9 Å². The van der Waals surface area contributed by atoms with Gasteiger partial charge < -0.3 is 30.2 Å². The zero-order valence-electron chi connectivity index (χ0n) is 24.9. The van der Waals surface area contributed by atoms with E-state index in [0.717, 1.165) is 69.9 Å². The molecular weight excluding hydrogens is 624 g/mol. The quantitative estimate of drug-likeness (QED) is 0.286. The first-order valence-corrected chi connectivity index (χ1v) is 16.6. The van der Waals surface area contributed by atoms with Gasteiger partial charge in [-0.2, -0.15) is 9.97 Å². The van der Waals surface area contributed by atoms with Gasteiger partial charge in [0.1, 0.15) is 23.8 Å². The Balaban J connectivity index is 1.25. The fraction of sp³-hybridized carbons (Fsp3) is 0.516. The van der Waals surface area contributed by atoms with Gasteiger partial charge in [-0.25, -0.2) is 13.8 Å². The van der Waals surface area contributed by atoms with E-state index < -0.39 is 11.6 Å². The Morgan fingerprint density at radius 2 is 1.98 bits per heavy atom. The fourth-order valence-electron chi connectivity index (χ4n) is 6.98. The number of thiazole rings is 1. The molecular formula is C31H34ClF2N7O3S. The van der Waals surface area contributed by atoms with Crippen LogP contribution < -0.4 is 25.4 Å². The van der Waals surface area contributed by atoms with Crippen molar-refractivity contribution in [3.8, 4) is 22.9 Å². The number of rotatable bonds is 7. The zero-order chi connectivity index (χ0) is 30.9. The van der Waals surface area contributed by atoms with E-state index in [1.54, 1.807) is 0 Å². The Kier molecular flexibility index (Phi) is 7.36. The van der Waals surface area contributed by atoms with Gasteiger partial charge in [0.05, 0.1) is 46.5 Å². The molecule has 0 spiro atoms. The Bertz CT molecular complexity index is 1800. The van der Waals surface area contributed by atoms with Crippen LogP contribution in [0.5, 0.6) is 11.8 Å². The Hall–Kier alpha value is -3.10. The highest BCUT2D eigenvalue weighted by Crippen LogP contribution is 2.51. The van der Waals surface area contributed by atoms with E-state index in [1.165, 1.54) is 12.1 Å². The molecule has 4 aliphatic rings. The van der Waals surface area contributed by atoms with Crippen LogP contribution >= 0.6 is 22.9 Å². The number of halogens is 3.